The normalized spacial score (nSPS) is 21.2. The summed E-state index contributed by atoms with van der Waals surface area (Å²) in [5.74, 6) is -0.329. The molecule has 2 rings (SSSR count). The second-order valence-electron chi connectivity index (χ2n) is 5.27. The molecular formula is C16H22N2O4. The minimum Gasteiger partial charge on any atom is -0.469 e. The van der Waals surface area contributed by atoms with Crippen LogP contribution in [0.5, 0.6) is 0 Å². The lowest BCUT2D eigenvalue weighted by molar-refractivity contribution is -0.140. The van der Waals surface area contributed by atoms with Gasteiger partial charge in [0.05, 0.1) is 19.8 Å². The quantitative estimate of drug-likeness (QED) is 0.797. The van der Waals surface area contributed by atoms with Gasteiger partial charge in [0.1, 0.15) is 6.04 Å². The van der Waals surface area contributed by atoms with E-state index in [9.17, 15) is 9.59 Å². The van der Waals surface area contributed by atoms with Gasteiger partial charge in [0.25, 0.3) is 0 Å². The summed E-state index contributed by atoms with van der Waals surface area (Å²) in [6.45, 7) is 3.18. The molecule has 0 saturated carbocycles. The van der Waals surface area contributed by atoms with E-state index in [1.54, 1.807) is 0 Å². The summed E-state index contributed by atoms with van der Waals surface area (Å²) in [4.78, 5) is 23.3. The highest BCUT2D eigenvalue weighted by Gasteiger charge is 2.28. The first-order valence-corrected chi connectivity index (χ1v) is 7.42. The SMILES string of the molecule is COC(=O)CCc1ccc(NC(=O)[C@H]2NCCO[C@@H]2C)cc1. The van der Waals surface area contributed by atoms with Crippen molar-refractivity contribution in [3.8, 4) is 0 Å². The third-order valence-electron chi connectivity index (χ3n) is 3.67. The molecule has 1 saturated heterocycles. The van der Waals surface area contributed by atoms with E-state index in [1.807, 2.05) is 31.2 Å². The van der Waals surface area contributed by atoms with Gasteiger partial charge in [0.15, 0.2) is 0 Å². The number of esters is 1. The average Bonchev–Trinajstić information content (AvgIpc) is 2.54. The topological polar surface area (TPSA) is 76.7 Å². The highest BCUT2D eigenvalue weighted by molar-refractivity contribution is 5.95. The molecule has 1 aromatic carbocycles. The Kier molecular flexibility index (Phi) is 5.91. The van der Waals surface area contributed by atoms with Gasteiger partial charge >= 0.3 is 5.97 Å². The lowest BCUT2D eigenvalue weighted by Crippen LogP contribution is -2.53. The molecule has 22 heavy (non-hydrogen) atoms. The molecule has 1 aliphatic rings. The molecule has 120 valence electrons. The number of amides is 1. The molecule has 1 aromatic rings. The zero-order chi connectivity index (χ0) is 15.9. The minimum absolute atomic E-state index is 0.102. The van der Waals surface area contributed by atoms with Gasteiger partial charge in [-0.25, -0.2) is 0 Å². The van der Waals surface area contributed by atoms with E-state index in [2.05, 4.69) is 15.4 Å². The zero-order valence-electron chi connectivity index (χ0n) is 12.9. The van der Waals surface area contributed by atoms with Crippen molar-refractivity contribution in [2.45, 2.75) is 31.9 Å². The number of carbonyl (C=O) groups excluding carboxylic acids is 2. The predicted octanol–water partition coefficient (Wildman–Crippen LogP) is 1.11. The lowest BCUT2D eigenvalue weighted by atomic mass is 10.1. The van der Waals surface area contributed by atoms with Crippen LogP contribution in [-0.4, -0.2) is 44.3 Å². The summed E-state index contributed by atoms with van der Waals surface area (Å²) in [7, 11) is 1.38. The Bertz CT molecular complexity index is 515. The Labute approximate surface area is 130 Å². The largest absolute Gasteiger partial charge is 0.469 e. The predicted molar refractivity (Wildman–Crippen MR) is 82.6 cm³/mol. The molecule has 1 heterocycles. The molecule has 0 bridgehead atoms. The number of aryl methyl sites for hydroxylation is 1. The molecule has 1 amide bonds. The van der Waals surface area contributed by atoms with E-state index in [0.717, 1.165) is 11.3 Å². The molecule has 1 fully saturated rings. The first kappa shape index (κ1) is 16.5. The van der Waals surface area contributed by atoms with E-state index < -0.39 is 0 Å². The van der Waals surface area contributed by atoms with E-state index in [0.29, 0.717) is 26.0 Å². The molecule has 0 unspecified atom stereocenters. The van der Waals surface area contributed by atoms with Gasteiger partial charge in [0.2, 0.25) is 5.91 Å². The van der Waals surface area contributed by atoms with Crippen LogP contribution in [0.2, 0.25) is 0 Å². The molecule has 0 radical (unpaired) electrons. The number of anilines is 1. The summed E-state index contributed by atoms with van der Waals surface area (Å²) < 4.78 is 10.1. The number of hydrogen-bond donors (Lipinski definition) is 2. The number of methoxy groups -OCH3 is 1. The van der Waals surface area contributed by atoms with Crippen molar-refractivity contribution in [3.05, 3.63) is 29.8 Å². The molecule has 2 atom stereocenters. The van der Waals surface area contributed by atoms with Crippen molar-refractivity contribution in [3.63, 3.8) is 0 Å². The number of morpholine rings is 1. The fourth-order valence-electron chi connectivity index (χ4n) is 2.35. The number of carbonyl (C=O) groups is 2. The highest BCUT2D eigenvalue weighted by Crippen LogP contribution is 2.13. The van der Waals surface area contributed by atoms with E-state index >= 15 is 0 Å². The Morgan fingerprint density at radius 3 is 2.73 bits per heavy atom. The van der Waals surface area contributed by atoms with Crippen LogP contribution >= 0.6 is 0 Å². The fraction of sp³-hybridized carbons (Fsp3) is 0.500. The highest BCUT2D eigenvalue weighted by atomic mass is 16.5. The molecule has 2 N–H and O–H groups in total. The van der Waals surface area contributed by atoms with Crippen LogP contribution in [0.4, 0.5) is 5.69 Å². The average molecular weight is 306 g/mol. The Balaban J connectivity index is 1.87. The van der Waals surface area contributed by atoms with Gasteiger partial charge in [-0.15, -0.1) is 0 Å². The van der Waals surface area contributed by atoms with Crippen LogP contribution in [0.25, 0.3) is 0 Å². The van der Waals surface area contributed by atoms with Crippen molar-refractivity contribution in [2.75, 3.05) is 25.6 Å². The van der Waals surface area contributed by atoms with Crippen LogP contribution in [0.3, 0.4) is 0 Å². The van der Waals surface area contributed by atoms with Crippen molar-refractivity contribution in [2.24, 2.45) is 0 Å². The van der Waals surface area contributed by atoms with Gasteiger partial charge in [0, 0.05) is 18.7 Å². The first-order valence-electron chi connectivity index (χ1n) is 7.42. The maximum atomic E-state index is 12.2. The van der Waals surface area contributed by atoms with E-state index in [1.165, 1.54) is 7.11 Å². The van der Waals surface area contributed by atoms with Crippen molar-refractivity contribution in [1.82, 2.24) is 5.32 Å². The number of ether oxygens (including phenoxy) is 2. The summed E-state index contributed by atoms with van der Waals surface area (Å²) >= 11 is 0. The number of benzene rings is 1. The monoisotopic (exact) mass is 306 g/mol. The number of hydrogen-bond acceptors (Lipinski definition) is 5. The van der Waals surface area contributed by atoms with Gasteiger partial charge in [-0.2, -0.15) is 0 Å². The lowest BCUT2D eigenvalue weighted by Gasteiger charge is -2.29. The van der Waals surface area contributed by atoms with Crippen LogP contribution in [0.1, 0.15) is 18.9 Å². The number of nitrogens with one attached hydrogen (secondary N) is 2. The second-order valence-corrected chi connectivity index (χ2v) is 5.27. The van der Waals surface area contributed by atoms with E-state index in [-0.39, 0.29) is 24.0 Å². The fourth-order valence-corrected chi connectivity index (χ4v) is 2.35. The van der Waals surface area contributed by atoms with E-state index in [4.69, 9.17) is 4.74 Å². The third kappa shape index (κ3) is 4.54. The van der Waals surface area contributed by atoms with Crippen molar-refractivity contribution in [1.29, 1.82) is 0 Å². The van der Waals surface area contributed by atoms with Gasteiger partial charge < -0.3 is 20.1 Å². The first-order chi connectivity index (χ1) is 10.6. The Morgan fingerprint density at radius 2 is 2.09 bits per heavy atom. The van der Waals surface area contributed by atoms with Crippen LogP contribution in [0, 0.1) is 0 Å². The van der Waals surface area contributed by atoms with Gasteiger partial charge in [-0.1, -0.05) is 12.1 Å². The van der Waals surface area contributed by atoms with Crippen molar-refractivity contribution < 1.29 is 19.1 Å². The molecule has 0 spiro atoms. The minimum atomic E-state index is -0.340. The molecular weight excluding hydrogens is 284 g/mol. The van der Waals surface area contributed by atoms with Crippen LogP contribution in [0.15, 0.2) is 24.3 Å². The molecule has 6 heteroatoms. The number of rotatable bonds is 5. The third-order valence-corrected chi connectivity index (χ3v) is 3.67. The second kappa shape index (κ2) is 7.91. The van der Waals surface area contributed by atoms with Crippen LogP contribution < -0.4 is 10.6 Å². The zero-order valence-corrected chi connectivity index (χ0v) is 12.9. The summed E-state index contributed by atoms with van der Waals surface area (Å²) in [6.07, 6.45) is 0.826. The molecule has 0 aliphatic carbocycles. The maximum Gasteiger partial charge on any atom is 0.305 e. The summed E-state index contributed by atoms with van der Waals surface area (Å²) in [6, 6.07) is 7.12. The maximum absolute atomic E-state index is 12.2. The standard InChI is InChI=1S/C16H22N2O4/c1-11-15(17-9-10-22-11)16(20)18-13-6-3-12(4-7-13)5-8-14(19)21-2/h3-4,6-7,11,15,17H,5,8-10H2,1-2H3,(H,18,20)/t11-,15+/m1/s1. The van der Waals surface area contributed by atoms with Gasteiger partial charge in [-0.05, 0) is 31.0 Å². The Hall–Kier alpha value is -1.92. The van der Waals surface area contributed by atoms with Crippen molar-refractivity contribution >= 4 is 17.6 Å². The molecule has 0 aromatic heterocycles. The Morgan fingerprint density at radius 1 is 1.36 bits per heavy atom. The van der Waals surface area contributed by atoms with Crippen LogP contribution in [-0.2, 0) is 25.5 Å². The summed E-state index contributed by atoms with van der Waals surface area (Å²) in [5.41, 5.74) is 1.75. The molecule has 6 nitrogen and oxygen atoms in total. The smallest absolute Gasteiger partial charge is 0.305 e. The summed E-state index contributed by atoms with van der Waals surface area (Å²) in [5, 5.41) is 6.02. The molecule has 1 aliphatic heterocycles. The van der Waals surface area contributed by atoms with Gasteiger partial charge in [-0.3, -0.25) is 9.59 Å².